The Hall–Kier alpha value is -3.74. The summed E-state index contributed by atoms with van der Waals surface area (Å²) in [5.74, 6) is -1.28. The maximum atomic E-state index is 13.1. The summed E-state index contributed by atoms with van der Waals surface area (Å²) in [6.45, 7) is 2.07. The summed E-state index contributed by atoms with van der Waals surface area (Å²) in [6, 6.07) is 14.2. The Morgan fingerprint density at radius 1 is 0.941 bits per heavy atom. The Balaban J connectivity index is 1.16. The number of ether oxygens (including phenoxy) is 1. The average molecular weight is 456 g/mol. The molecule has 2 heterocycles. The molecule has 3 amide bonds. The number of carbonyl (C=O) groups is 4. The lowest BCUT2D eigenvalue weighted by Crippen LogP contribution is -2.33. The zero-order chi connectivity index (χ0) is 23.6. The fourth-order valence-electron chi connectivity index (χ4n) is 6.00. The van der Waals surface area contributed by atoms with E-state index < -0.39 is 11.9 Å². The van der Waals surface area contributed by atoms with Gasteiger partial charge in [0.05, 0.1) is 23.4 Å². The van der Waals surface area contributed by atoms with E-state index in [4.69, 9.17) is 4.74 Å². The first kappa shape index (κ1) is 20.8. The van der Waals surface area contributed by atoms with Gasteiger partial charge in [-0.25, -0.2) is 4.90 Å². The molecule has 0 unspecified atom stereocenters. The smallest absolute Gasteiger partial charge is 0.316 e. The zero-order valence-electron chi connectivity index (χ0n) is 18.7. The van der Waals surface area contributed by atoms with Crippen LogP contribution in [0.4, 0.5) is 11.4 Å². The Morgan fingerprint density at radius 2 is 1.62 bits per heavy atom. The van der Waals surface area contributed by atoms with Crippen molar-refractivity contribution in [3.63, 3.8) is 0 Å². The summed E-state index contributed by atoms with van der Waals surface area (Å²) < 4.78 is 5.59. The fraction of sp³-hybridized carbons (Fsp3) is 0.333. The number of rotatable bonds is 4. The topological polar surface area (TPSA) is 84.0 Å². The monoisotopic (exact) mass is 456 g/mol. The summed E-state index contributed by atoms with van der Waals surface area (Å²) in [5, 5.41) is 0. The molecule has 34 heavy (non-hydrogen) atoms. The molecule has 2 bridgehead atoms. The predicted octanol–water partition coefficient (Wildman–Crippen LogP) is 3.27. The van der Waals surface area contributed by atoms with Crippen molar-refractivity contribution in [3.05, 3.63) is 66.2 Å². The van der Waals surface area contributed by atoms with Gasteiger partial charge < -0.3 is 9.64 Å². The van der Waals surface area contributed by atoms with Gasteiger partial charge in [0.15, 0.2) is 0 Å². The summed E-state index contributed by atoms with van der Waals surface area (Å²) in [4.78, 5) is 54.3. The third-order valence-electron chi connectivity index (χ3n) is 7.62. The van der Waals surface area contributed by atoms with Gasteiger partial charge in [0.1, 0.15) is 5.75 Å². The van der Waals surface area contributed by atoms with Crippen molar-refractivity contribution in [1.82, 2.24) is 0 Å². The second-order valence-electron chi connectivity index (χ2n) is 9.62. The van der Waals surface area contributed by atoms with E-state index in [-0.39, 0.29) is 54.4 Å². The number of amides is 3. The number of carbonyl (C=O) groups excluding carboxylic acids is 4. The molecule has 2 aromatic rings. The lowest BCUT2D eigenvalue weighted by molar-refractivity contribution is -0.139. The molecule has 0 N–H and O–H groups in total. The van der Waals surface area contributed by atoms with E-state index in [1.165, 1.54) is 4.90 Å². The average Bonchev–Trinajstić information content (AvgIpc) is 3.59. The molecule has 2 aromatic carbocycles. The second kappa shape index (κ2) is 7.65. The van der Waals surface area contributed by atoms with Crippen LogP contribution in [0.5, 0.6) is 5.75 Å². The summed E-state index contributed by atoms with van der Waals surface area (Å²) in [7, 11) is 0. The summed E-state index contributed by atoms with van der Waals surface area (Å²) >= 11 is 0. The zero-order valence-corrected chi connectivity index (χ0v) is 18.7. The highest BCUT2D eigenvalue weighted by atomic mass is 16.5. The molecular formula is C27H24N2O5. The highest BCUT2D eigenvalue weighted by molar-refractivity contribution is 6.23. The predicted molar refractivity (Wildman–Crippen MR) is 124 cm³/mol. The first-order valence-corrected chi connectivity index (χ1v) is 11.7. The summed E-state index contributed by atoms with van der Waals surface area (Å²) in [6.07, 6.45) is 5.13. The van der Waals surface area contributed by atoms with Gasteiger partial charge >= 0.3 is 5.97 Å². The number of imide groups is 1. The van der Waals surface area contributed by atoms with Gasteiger partial charge in [0.2, 0.25) is 17.7 Å². The lowest BCUT2D eigenvalue weighted by Gasteiger charge is -2.20. The van der Waals surface area contributed by atoms with Crippen LogP contribution in [0.25, 0.3) is 0 Å². The van der Waals surface area contributed by atoms with E-state index in [2.05, 4.69) is 12.2 Å². The highest BCUT2D eigenvalue weighted by Crippen LogP contribution is 2.53. The first-order chi connectivity index (χ1) is 16.4. The van der Waals surface area contributed by atoms with Crippen LogP contribution in [0.3, 0.4) is 0 Å². The third kappa shape index (κ3) is 3.10. The van der Waals surface area contributed by atoms with E-state index in [0.29, 0.717) is 17.0 Å². The molecule has 0 aromatic heterocycles. The molecule has 6 rings (SSSR count). The van der Waals surface area contributed by atoms with E-state index in [0.717, 1.165) is 12.1 Å². The van der Waals surface area contributed by atoms with Crippen molar-refractivity contribution >= 4 is 35.1 Å². The molecule has 4 aliphatic rings. The molecule has 0 spiro atoms. The second-order valence-corrected chi connectivity index (χ2v) is 9.62. The van der Waals surface area contributed by atoms with Crippen molar-refractivity contribution in [2.75, 3.05) is 16.3 Å². The molecule has 5 atom stereocenters. The van der Waals surface area contributed by atoms with E-state index >= 15 is 0 Å². The fourth-order valence-corrected chi connectivity index (χ4v) is 6.00. The lowest BCUT2D eigenvalue weighted by atomic mass is 9.85. The maximum absolute atomic E-state index is 13.1. The molecule has 172 valence electrons. The number of aryl methyl sites for hydroxylation is 1. The van der Waals surface area contributed by atoms with Crippen molar-refractivity contribution in [2.24, 2.45) is 29.6 Å². The van der Waals surface area contributed by atoms with Crippen molar-refractivity contribution in [2.45, 2.75) is 19.8 Å². The molecule has 7 nitrogen and oxygen atoms in total. The van der Waals surface area contributed by atoms with Crippen LogP contribution >= 0.6 is 0 Å². The van der Waals surface area contributed by atoms with Gasteiger partial charge in [0.25, 0.3) is 0 Å². The molecular weight excluding hydrogens is 432 g/mol. The Bertz CT molecular complexity index is 1220. The molecule has 2 aliphatic carbocycles. The number of hydrogen-bond acceptors (Lipinski definition) is 5. The van der Waals surface area contributed by atoms with Crippen LogP contribution in [0.15, 0.2) is 60.7 Å². The Morgan fingerprint density at radius 3 is 2.26 bits per heavy atom. The van der Waals surface area contributed by atoms with Gasteiger partial charge in [-0.2, -0.15) is 0 Å². The standard InChI is InChI=1S/C27H24N2O5/c1-15-11-20(34-27(33)18-13-22(30)28(14-18)19-5-3-2-4-6-19)9-10-21(15)29-25(31)23-16-7-8-17(12-16)24(23)26(29)32/h2-11,16-18,23-24H,12-14H2,1H3/t16-,17-,18-,23-,24+/m0/s1. The number of fused-ring (bicyclic) bond motifs is 5. The van der Waals surface area contributed by atoms with Gasteiger partial charge in [-0.05, 0) is 61.1 Å². The van der Waals surface area contributed by atoms with Crippen molar-refractivity contribution in [3.8, 4) is 5.75 Å². The maximum Gasteiger partial charge on any atom is 0.316 e. The van der Waals surface area contributed by atoms with E-state index in [1.54, 1.807) is 30.0 Å². The van der Waals surface area contributed by atoms with Gasteiger partial charge in [0, 0.05) is 18.7 Å². The minimum absolute atomic E-state index is 0.0979. The minimum atomic E-state index is -0.559. The molecule has 7 heteroatoms. The Labute approximate surface area is 197 Å². The number of nitrogens with zero attached hydrogens (tertiary/aromatic N) is 2. The SMILES string of the molecule is Cc1cc(OC(=O)[C@H]2CC(=O)N(c3ccccc3)C2)ccc1N1C(=O)[C@@H]2[C@H](C1=O)[C@H]1C=C[C@H]2C1. The van der Waals surface area contributed by atoms with Crippen LogP contribution in [0.2, 0.25) is 0 Å². The first-order valence-electron chi connectivity index (χ1n) is 11.7. The number of para-hydroxylation sites is 1. The van der Waals surface area contributed by atoms with Crippen LogP contribution in [-0.4, -0.2) is 30.2 Å². The van der Waals surface area contributed by atoms with Crippen LogP contribution < -0.4 is 14.5 Å². The molecule has 1 saturated carbocycles. The number of benzene rings is 2. The largest absolute Gasteiger partial charge is 0.426 e. The Kier molecular flexibility index (Phi) is 4.69. The highest BCUT2D eigenvalue weighted by Gasteiger charge is 2.59. The number of esters is 1. The van der Waals surface area contributed by atoms with Gasteiger partial charge in [-0.3, -0.25) is 19.2 Å². The third-order valence-corrected chi connectivity index (χ3v) is 7.62. The summed E-state index contributed by atoms with van der Waals surface area (Å²) in [5.41, 5.74) is 1.98. The molecule has 2 saturated heterocycles. The normalized spacial score (nSPS) is 29.3. The molecule has 3 fully saturated rings. The van der Waals surface area contributed by atoms with Crippen molar-refractivity contribution < 1.29 is 23.9 Å². The van der Waals surface area contributed by atoms with Crippen molar-refractivity contribution in [1.29, 1.82) is 0 Å². The molecule has 2 aliphatic heterocycles. The number of hydrogen-bond donors (Lipinski definition) is 0. The van der Waals surface area contributed by atoms with E-state index in [9.17, 15) is 19.2 Å². The quantitative estimate of drug-likeness (QED) is 0.305. The number of anilines is 2. The number of allylic oxidation sites excluding steroid dienone is 2. The van der Waals surface area contributed by atoms with E-state index in [1.807, 2.05) is 30.3 Å². The van der Waals surface area contributed by atoms with Crippen LogP contribution in [0.1, 0.15) is 18.4 Å². The van der Waals surface area contributed by atoms with Gasteiger partial charge in [-0.15, -0.1) is 0 Å². The molecule has 0 radical (unpaired) electrons. The minimum Gasteiger partial charge on any atom is -0.426 e. The van der Waals surface area contributed by atoms with Gasteiger partial charge in [-0.1, -0.05) is 30.4 Å². The van der Waals surface area contributed by atoms with Crippen LogP contribution in [-0.2, 0) is 19.2 Å². The van der Waals surface area contributed by atoms with Crippen LogP contribution in [0, 0.1) is 36.5 Å².